The van der Waals surface area contributed by atoms with Crippen LogP contribution in [0.25, 0.3) is 38.3 Å². The van der Waals surface area contributed by atoms with Crippen LogP contribution in [0, 0.1) is 0 Å². The lowest BCUT2D eigenvalue weighted by atomic mass is 10.1. The Morgan fingerprint density at radius 2 is 1.44 bits per heavy atom. The van der Waals surface area contributed by atoms with Gasteiger partial charge in [-0.15, -0.1) is 0 Å². The van der Waals surface area contributed by atoms with E-state index in [9.17, 15) is 0 Å². The first kappa shape index (κ1) is 19.1. The fourth-order valence-corrected chi connectivity index (χ4v) is 5.06. The lowest BCUT2D eigenvalue weighted by molar-refractivity contribution is 0.575. The summed E-state index contributed by atoms with van der Waals surface area (Å²) in [6, 6.07) is 40.6. The summed E-state index contributed by atoms with van der Waals surface area (Å²) in [7, 11) is 0. The van der Waals surface area contributed by atoms with Gasteiger partial charge in [0.05, 0.1) is 11.0 Å². The van der Waals surface area contributed by atoms with Gasteiger partial charge in [-0.25, -0.2) is 10.4 Å². The van der Waals surface area contributed by atoms with Gasteiger partial charge in [0.15, 0.2) is 0 Å². The molecule has 5 aromatic carbocycles. The molecule has 0 fully saturated rings. The largest absolute Gasteiger partial charge is 0.309 e. The SMILES string of the molecule is c1ccc(C2=NC(c3cccc(-n4c5ccccc5c5ccc6ccccc6c54)c3)NN2)cc1. The van der Waals surface area contributed by atoms with Gasteiger partial charge in [-0.05, 0) is 29.1 Å². The minimum absolute atomic E-state index is 0.153. The van der Waals surface area contributed by atoms with Crippen molar-refractivity contribution in [3.8, 4) is 5.69 Å². The van der Waals surface area contributed by atoms with E-state index >= 15 is 0 Å². The molecule has 7 rings (SSSR count). The van der Waals surface area contributed by atoms with Crippen molar-refractivity contribution in [1.29, 1.82) is 0 Å². The Kier molecular flexibility index (Phi) is 4.26. The summed E-state index contributed by atoms with van der Waals surface area (Å²) in [6.45, 7) is 0. The number of benzene rings is 5. The summed E-state index contributed by atoms with van der Waals surface area (Å²) in [6.07, 6.45) is -0.153. The van der Waals surface area contributed by atoms with Crippen molar-refractivity contribution in [3.63, 3.8) is 0 Å². The summed E-state index contributed by atoms with van der Waals surface area (Å²) in [5.41, 5.74) is 12.3. The molecule has 0 saturated carbocycles. The highest BCUT2D eigenvalue weighted by Gasteiger charge is 2.20. The van der Waals surface area contributed by atoms with Crippen LogP contribution in [0.5, 0.6) is 0 Å². The summed E-state index contributed by atoms with van der Waals surface area (Å²) < 4.78 is 2.39. The Hall–Kier alpha value is -4.41. The number of aromatic nitrogens is 1. The average Bonchev–Trinajstić information content (AvgIpc) is 3.53. The van der Waals surface area contributed by atoms with Crippen molar-refractivity contribution in [2.75, 3.05) is 0 Å². The van der Waals surface area contributed by atoms with Gasteiger partial charge in [-0.3, -0.25) is 0 Å². The van der Waals surface area contributed by atoms with Gasteiger partial charge in [-0.1, -0.05) is 97.1 Å². The maximum atomic E-state index is 4.91. The summed E-state index contributed by atoms with van der Waals surface area (Å²) in [4.78, 5) is 4.91. The van der Waals surface area contributed by atoms with Crippen LogP contribution in [0.2, 0.25) is 0 Å². The van der Waals surface area contributed by atoms with Gasteiger partial charge < -0.3 is 9.99 Å². The van der Waals surface area contributed by atoms with Gasteiger partial charge in [0, 0.05) is 27.4 Å². The summed E-state index contributed by atoms with van der Waals surface area (Å²) in [5, 5.41) is 5.03. The number of rotatable bonds is 3. The number of nitrogens with one attached hydrogen (secondary N) is 2. The van der Waals surface area contributed by atoms with E-state index in [1.807, 2.05) is 18.2 Å². The van der Waals surface area contributed by atoms with Gasteiger partial charge >= 0.3 is 0 Å². The molecule has 1 unspecified atom stereocenters. The van der Waals surface area contributed by atoms with Crippen molar-refractivity contribution < 1.29 is 0 Å². The summed E-state index contributed by atoms with van der Waals surface area (Å²) in [5.74, 6) is 0.860. The van der Waals surface area contributed by atoms with Crippen LogP contribution in [0.1, 0.15) is 17.3 Å². The predicted octanol–water partition coefficient (Wildman–Crippen LogP) is 6.49. The predicted molar refractivity (Wildman–Crippen MR) is 140 cm³/mol. The average molecular weight is 439 g/mol. The fraction of sp³-hybridized carbons (Fsp3) is 0.0333. The third kappa shape index (κ3) is 2.93. The number of nitrogens with zero attached hydrogens (tertiary/aromatic N) is 2. The molecular formula is C30H22N4. The van der Waals surface area contributed by atoms with Crippen LogP contribution < -0.4 is 10.9 Å². The number of amidine groups is 1. The quantitative estimate of drug-likeness (QED) is 0.332. The van der Waals surface area contributed by atoms with E-state index in [1.54, 1.807) is 0 Å². The standard InChI is InChI=1S/C30H22N4/c1-2-10-21(11-3-1)29-31-30(33-32-29)22-12-8-13-23(19-22)34-27-16-7-6-15-25(27)26-18-17-20-9-4-5-14-24(20)28(26)34/h1-19,30,33H,(H,31,32). The second-order valence-electron chi connectivity index (χ2n) is 8.65. The first-order valence-corrected chi connectivity index (χ1v) is 11.5. The Balaban J connectivity index is 1.42. The molecule has 4 heteroatoms. The molecule has 6 aromatic rings. The molecule has 1 aliphatic rings. The Bertz CT molecular complexity index is 1710. The molecule has 1 aliphatic heterocycles. The molecule has 2 heterocycles. The molecule has 0 aliphatic carbocycles. The van der Waals surface area contributed by atoms with Crippen molar-refractivity contribution in [2.24, 2.45) is 4.99 Å². The smallest absolute Gasteiger partial charge is 0.144 e. The molecule has 1 aromatic heterocycles. The first-order chi connectivity index (χ1) is 16.9. The molecule has 0 spiro atoms. The molecule has 162 valence electrons. The minimum Gasteiger partial charge on any atom is -0.309 e. The third-order valence-corrected chi connectivity index (χ3v) is 6.64. The second-order valence-corrected chi connectivity index (χ2v) is 8.65. The number of hydrogen-bond acceptors (Lipinski definition) is 3. The zero-order valence-electron chi connectivity index (χ0n) is 18.4. The van der Waals surface area contributed by atoms with E-state index < -0.39 is 0 Å². The van der Waals surface area contributed by atoms with E-state index in [0.717, 1.165) is 22.6 Å². The topological polar surface area (TPSA) is 41.4 Å². The Labute approximate surface area is 197 Å². The van der Waals surface area contributed by atoms with Crippen molar-refractivity contribution in [3.05, 3.63) is 126 Å². The number of fused-ring (bicyclic) bond motifs is 5. The zero-order chi connectivity index (χ0) is 22.5. The van der Waals surface area contributed by atoms with E-state index in [4.69, 9.17) is 4.99 Å². The van der Waals surface area contributed by atoms with Crippen molar-refractivity contribution >= 4 is 38.4 Å². The zero-order valence-corrected chi connectivity index (χ0v) is 18.4. The fourth-order valence-electron chi connectivity index (χ4n) is 5.06. The van der Waals surface area contributed by atoms with Crippen LogP contribution in [-0.2, 0) is 0 Å². The molecule has 4 nitrogen and oxygen atoms in total. The van der Waals surface area contributed by atoms with E-state index in [-0.39, 0.29) is 6.17 Å². The number of aliphatic imine (C=N–C) groups is 1. The normalized spacial score (nSPS) is 15.6. The maximum Gasteiger partial charge on any atom is 0.144 e. The van der Waals surface area contributed by atoms with Gasteiger partial charge in [0.25, 0.3) is 0 Å². The van der Waals surface area contributed by atoms with E-state index in [1.165, 1.54) is 32.6 Å². The highest BCUT2D eigenvalue weighted by molar-refractivity contribution is 6.18. The molecule has 1 atom stereocenters. The molecule has 0 radical (unpaired) electrons. The van der Waals surface area contributed by atoms with Crippen LogP contribution in [-0.4, -0.2) is 10.4 Å². The molecule has 34 heavy (non-hydrogen) atoms. The van der Waals surface area contributed by atoms with Gasteiger partial charge in [0.2, 0.25) is 0 Å². The highest BCUT2D eigenvalue weighted by Crippen LogP contribution is 2.37. The van der Waals surface area contributed by atoms with Gasteiger partial charge in [-0.2, -0.15) is 0 Å². The Morgan fingerprint density at radius 3 is 2.35 bits per heavy atom. The molecular weight excluding hydrogens is 416 g/mol. The number of para-hydroxylation sites is 1. The second kappa shape index (κ2) is 7.58. The van der Waals surface area contributed by atoms with Crippen LogP contribution in [0.15, 0.2) is 120 Å². The molecule has 0 amide bonds. The Morgan fingerprint density at radius 1 is 0.647 bits per heavy atom. The van der Waals surface area contributed by atoms with Crippen LogP contribution in [0.3, 0.4) is 0 Å². The highest BCUT2D eigenvalue weighted by atomic mass is 15.5. The van der Waals surface area contributed by atoms with Gasteiger partial charge in [0.1, 0.15) is 12.0 Å². The van der Waals surface area contributed by atoms with Crippen molar-refractivity contribution in [1.82, 2.24) is 15.4 Å². The minimum atomic E-state index is -0.153. The van der Waals surface area contributed by atoms with Crippen LogP contribution in [0.4, 0.5) is 0 Å². The number of hydrazine groups is 1. The first-order valence-electron chi connectivity index (χ1n) is 11.5. The molecule has 0 bridgehead atoms. The maximum absolute atomic E-state index is 4.91. The summed E-state index contributed by atoms with van der Waals surface area (Å²) >= 11 is 0. The van der Waals surface area contributed by atoms with Crippen LogP contribution >= 0.6 is 0 Å². The monoisotopic (exact) mass is 438 g/mol. The molecule has 2 N–H and O–H groups in total. The van der Waals surface area contributed by atoms with E-state index in [0.29, 0.717) is 0 Å². The molecule has 0 saturated heterocycles. The lowest BCUT2D eigenvalue weighted by Gasteiger charge is -2.13. The lowest BCUT2D eigenvalue weighted by Crippen LogP contribution is -2.31. The third-order valence-electron chi connectivity index (χ3n) is 6.64. The van der Waals surface area contributed by atoms with Crippen molar-refractivity contribution in [2.45, 2.75) is 6.17 Å². The van der Waals surface area contributed by atoms with E-state index in [2.05, 4.69) is 112 Å². The number of hydrogen-bond donors (Lipinski definition) is 2.